The molecular formula is C26H34ClFN4O. The molecule has 0 bridgehead atoms. The maximum atomic E-state index is 14.9. The van der Waals surface area contributed by atoms with E-state index in [2.05, 4.69) is 39.8 Å². The monoisotopic (exact) mass is 472 g/mol. The van der Waals surface area contributed by atoms with Crippen LogP contribution in [0.3, 0.4) is 0 Å². The number of nitrogens with one attached hydrogen (secondary N) is 2. The summed E-state index contributed by atoms with van der Waals surface area (Å²) >= 11 is 6.00. The van der Waals surface area contributed by atoms with Gasteiger partial charge in [0.2, 0.25) is 5.91 Å². The molecule has 0 saturated carbocycles. The minimum atomic E-state index is -0.455. The van der Waals surface area contributed by atoms with E-state index < -0.39 is 5.41 Å². The van der Waals surface area contributed by atoms with Crippen molar-refractivity contribution in [2.75, 3.05) is 37.6 Å². The van der Waals surface area contributed by atoms with Crippen LogP contribution in [0.1, 0.15) is 44.4 Å². The molecular weight excluding hydrogens is 439 g/mol. The smallest absolute Gasteiger partial charge is 0.228 e. The summed E-state index contributed by atoms with van der Waals surface area (Å²) in [6, 6.07) is 13.7. The number of anilines is 1. The SMILES string of the molecule is CC(C)(C)C(=O)N1CCN(c2ccc(Cl)cc2F)[C@H](c2ccc(CN[C@H]3CCNC3)cc2)C1. The Morgan fingerprint density at radius 1 is 1.18 bits per heavy atom. The number of carbonyl (C=O) groups is 1. The van der Waals surface area contributed by atoms with Crippen molar-refractivity contribution < 1.29 is 9.18 Å². The Hall–Kier alpha value is -2.15. The lowest BCUT2D eigenvalue weighted by atomic mass is 9.92. The number of amides is 1. The molecule has 2 aliphatic heterocycles. The summed E-state index contributed by atoms with van der Waals surface area (Å²) in [7, 11) is 0. The predicted molar refractivity (Wildman–Crippen MR) is 132 cm³/mol. The van der Waals surface area contributed by atoms with E-state index in [0.717, 1.165) is 31.6 Å². The van der Waals surface area contributed by atoms with Gasteiger partial charge in [-0.05, 0) is 42.3 Å². The maximum absolute atomic E-state index is 14.9. The fourth-order valence-corrected chi connectivity index (χ4v) is 4.84. The summed E-state index contributed by atoms with van der Waals surface area (Å²) in [5, 5.41) is 7.35. The topological polar surface area (TPSA) is 47.6 Å². The van der Waals surface area contributed by atoms with Gasteiger partial charge in [0, 0.05) is 49.2 Å². The van der Waals surface area contributed by atoms with Crippen LogP contribution in [0.25, 0.3) is 0 Å². The summed E-state index contributed by atoms with van der Waals surface area (Å²) in [5.41, 5.74) is 2.35. The van der Waals surface area contributed by atoms with Gasteiger partial charge in [-0.1, -0.05) is 56.6 Å². The van der Waals surface area contributed by atoms with E-state index in [9.17, 15) is 9.18 Å². The predicted octanol–water partition coefficient (Wildman–Crippen LogP) is 4.37. The highest BCUT2D eigenvalue weighted by atomic mass is 35.5. The van der Waals surface area contributed by atoms with E-state index in [1.54, 1.807) is 12.1 Å². The average Bonchev–Trinajstić information content (AvgIpc) is 3.30. The number of rotatable bonds is 5. The molecule has 1 amide bonds. The number of benzene rings is 2. The molecule has 5 nitrogen and oxygen atoms in total. The Kier molecular flexibility index (Phi) is 7.27. The largest absolute Gasteiger partial charge is 0.359 e. The van der Waals surface area contributed by atoms with Crippen molar-refractivity contribution >= 4 is 23.2 Å². The van der Waals surface area contributed by atoms with E-state index >= 15 is 0 Å². The number of piperazine rings is 1. The van der Waals surface area contributed by atoms with Gasteiger partial charge in [-0.25, -0.2) is 4.39 Å². The molecule has 33 heavy (non-hydrogen) atoms. The Morgan fingerprint density at radius 3 is 2.58 bits per heavy atom. The third-order valence-electron chi connectivity index (χ3n) is 6.55. The number of nitrogens with zero attached hydrogens (tertiary/aromatic N) is 2. The van der Waals surface area contributed by atoms with Crippen molar-refractivity contribution in [2.24, 2.45) is 5.41 Å². The van der Waals surface area contributed by atoms with Crippen LogP contribution in [0, 0.1) is 11.2 Å². The van der Waals surface area contributed by atoms with Crippen LogP contribution in [0.5, 0.6) is 0 Å². The second kappa shape index (κ2) is 10.00. The number of halogens is 2. The Balaban J connectivity index is 1.57. The van der Waals surface area contributed by atoms with E-state index in [4.69, 9.17) is 11.6 Å². The van der Waals surface area contributed by atoms with Crippen molar-refractivity contribution in [2.45, 2.75) is 45.8 Å². The second-order valence-corrected chi connectivity index (χ2v) is 10.6. The van der Waals surface area contributed by atoms with Crippen molar-refractivity contribution in [1.82, 2.24) is 15.5 Å². The number of hydrogen-bond donors (Lipinski definition) is 2. The molecule has 0 unspecified atom stereocenters. The van der Waals surface area contributed by atoms with Gasteiger partial charge in [-0.3, -0.25) is 4.79 Å². The highest BCUT2D eigenvalue weighted by molar-refractivity contribution is 6.30. The highest BCUT2D eigenvalue weighted by Gasteiger charge is 2.35. The first kappa shape index (κ1) is 24.0. The van der Waals surface area contributed by atoms with Crippen LogP contribution in [-0.4, -0.2) is 49.6 Å². The number of hydrogen-bond acceptors (Lipinski definition) is 4. The minimum Gasteiger partial charge on any atom is -0.359 e. The van der Waals surface area contributed by atoms with Crippen LogP contribution >= 0.6 is 11.6 Å². The second-order valence-electron chi connectivity index (χ2n) is 10.1. The summed E-state index contributed by atoms with van der Waals surface area (Å²) in [4.78, 5) is 17.0. The molecule has 2 aliphatic rings. The lowest BCUT2D eigenvalue weighted by Crippen LogP contribution is -2.53. The van der Waals surface area contributed by atoms with Crippen LogP contribution in [-0.2, 0) is 11.3 Å². The first-order valence-electron chi connectivity index (χ1n) is 11.8. The Labute approximate surface area is 201 Å². The molecule has 0 radical (unpaired) electrons. The standard InChI is InChI=1S/C26H34ClFN4O/c1-26(2,3)25(33)31-12-13-32(23-9-8-20(27)14-22(23)28)24(17-31)19-6-4-18(5-7-19)15-30-21-10-11-29-16-21/h4-9,14,21,24,29-30H,10-13,15-17H2,1-3H3/t21-,24-/m0/s1. The van der Waals surface area contributed by atoms with Crippen molar-refractivity contribution in [3.05, 3.63) is 64.4 Å². The van der Waals surface area contributed by atoms with E-state index in [1.165, 1.54) is 11.6 Å². The van der Waals surface area contributed by atoms with E-state index in [-0.39, 0.29) is 17.8 Å². The molecule has 2 heterocycles. The zero-order valence-electron chi connectivity index (χ0n) is 19.7. The third-order valence-corrected chi connectivity index (χ3v) is 6.78. The van der Waals surface area contributed by atoms with E-state index in [1.807, 2.05) is 25.7 Å². The highest BCUT2D eigenvalue weighted by Crippen LogP contribution is 2.35. The van der Waals surface area contributed by atoms with Gasteiger partial charge >= 0.3 is 0 Å². The normalized spacial score (nSPS) is 21.5. The first-order chi connectivity index (χ1) is 15.7. The Morgan fingerprint density at radius 2 is 1.94 bits per heavy atom. The fraction of sp³-hybridized carbons (Fsp3) is 0.500. The zero-order valence-corrected chi connectivity index (χ0v) is 20.5. The average molecular weight is 473 g/mol. The molecule has 4 rings (SSSR count). The van der Waals surface area contributed by atoms with Gasteiger partial charge in [0.05, 0.1) is 11.7 Å². The lowest BCUT2D eigenvalue weighted by Gasteiger charge is -2.44. The summed E-state index contributed by atoms with van der Waals surface area (Å²) < 4.78 is 14.9. The molecule has 2 atom stereocenters. The lowest BCUT2D eigenvalue weighted by molar-refractivity contribution is -0.140. The van der Waals surface area contributed by atoms with Gasteiger partial charge in [0.1, 0.15) is 5.82 Å². The summed E-state index contributed by atoms with van der Waals surface area (Å²) in [6.45, 7) is 10.4. The molecule has 178 valence electrons. The van der Waals surface area contributed by atoms with Gasteiger partial charge in [-0.2, -0.15) is 0 Å². The summed E-state index contributed by atoms with van der Waals surface area (Å²) in [6.07, 6.45) is 1.15. The molecule has 0 spiro atoms. The fourth-order valence-electron chi connectivity index (χ4n) is 4.68. The zero-order chi connectivity index (χ0) is 23.6. The molecule has 0 aromatic heterocycles. The van der Waals surface area contributed by atoms with Crippen LogP contribution in [0.2, 0.25) is 5.02 Å². The molecule has 2 aromatic rings. The van der Waals surface area contributed by atoms with Crippen LogP contribution in [0.4, 0.5) is 10.1 Å². The number of carbonyl (C=O) groups excluding carboxylic acids is 1. The molecule has 0 aliphatic carbocycles. The molecule has 7 heteroatoms. The molecule has 2 saturated heterocycles. The van der Waals surface area contributed by atoms with Gasteiger partial charge in [0.25, 0.3) is 0 Å². The first-order valence-corrected chi connectivity index (χ1v) is 12.1. The van der Waals surface area contributed by atoms with Gasteiger partial charge in [0.15, 0.2) is 0 Å². The third kappa shape index (κ3) is 5.68. The summed E-state index contributed by atoms with van der Waals surface area (Å²) in [5.74, 6) is -0.219. The van der Waals surface area contributed by atoms with Gasteiger partial charge < -0.3 is 20.4 Å². The molecule has 2 fully saturated rings. The Bertz CT molecular complexity index is 969. The molecule has 2 N–H and O–H groups in total. The van der Waals surface area contributed by atoms with Gasteiger partial charge in [-0.15, -0.1) is 0 Å². The quantitative estimate of drug-likeness (QED) is 0.678. The maximum Gasteiger partial charge on any atom is 0.228 e. The minimum absolute atomic E-state index is 0.120. The van der Waals surface area contributed by atoms with Crippen molar-refractivity contribution in [1.29, 1.82) is 0 Å². The van der Waals surface area contributed by atoms with E-state index in [0.29, 0.717) is 36.4 Å². The van der Waals surface area contributed by atoms with Crippen LogP contribution < -0.4 is 15.5 Å². The van der Waals surface area contributed by atoms with Crippen LogP contribution in [0.15, 0.2) is 42.5 Å². The van der Waals surface area contributed by atoms with Crippen molar-refractivity contribution in [3.8, 4) is 0 Å². The van der Waals surface area contributed by atoms with Crippen molar-refractivity contribution in [3.63, 3.8) is 0 Å². The molecule has 2 aromatic carbocycles.